The molecule has 1 atom stereocenters. The third kappa shape index (κ3) is 4.01. The van der Waals surface area contributed by atoms with Gasteiger partial charge in [-0.2, -0.15) is 0 Å². The van der Waals surface area contributed by atoms with E-state index in [9.17, 15) is 19.8 Å². The number of ether oxygens (including phenoxy) is 2. The van der Waals surface area contributed by atoms with Crippen LogP contribution in [0.5, 0.6) is 11.5 Å². The number of nitrogens with zero attached hydrogens (tertiary/aromatic N) is 1. The van der Waals surface area contributed by atoms with Crippen molar-refractivity contribution in [2.24, 2.45) is 0 Å². The molecule has 0 aliphatic carbocycles. The van der Waals surface area contributed by atoms with Crippen molar-refractivity contribution in [2.45, 2.75) is 39.3 Å². The molecule has 4 rings (SSSR count). The van der Waals surface area contributed by atoms with Gasteiger partial charge in [0.2, 0.25) is 5.78 Å². The standard InChI is InChI=1S/C24H25NO6/c1-14-10-19(15(2)25(14)12-16-6-5-9-30-16)22(27)13-31-24(29)20-11-21(26)17-7-3-4-8-18(17)23(20)28/h3-4,7-8,10-11,16,26,28H,5-6,9,12-13H2,1-2H3/t16-/m0/s1. The summed E-state index contributed by atoms with van der Waals surface area (Å²) in [6.45, 7) is 4.79. The number of rotatable bonds is 6. The molecule has 7 nitrogen and oxygen atoms in total. The second-order valence-corrected chi connectivity index (χ2v) is 7.87. The molecule has 0 saturated carbocycles. The minimum Gasteiger partial charge on any atom is -0.507 e. The highest BCUT2D eigenvalue weighted by atomic mass is 16.5. The van der Waals surface area contributed by atoms with Gasteiger partial charge in [0.25, 0.3) is 0 Å². The molecule has 2 N–H and O–H groups in total. The lowest BCUT2D eigenvalue weighted by Crippen LogP contribution is -2.18. The van der Waals surface area contributed by atoms with E-state index in [1.165, 1.54) is 0 Å². The van der Waals surface area contributed by atoms with E-state index in [-0.39, 0.29) is 28.9 Å². The Labute approximate surface area is 179 Å². The summed E-state index contributed by atoms with van der Waals surface area (Å²) >= 11 is 0. The number of fused-ring (bicyclic) bond motifs is 1. The zero-order chi connectivity index (χ0) is 22.1. The quantitative estimate of drug-likeness (QED) is 0.355. The molecule has 31 heavy (non-hydrogen) atoms. The Hall–Kier alpha value is -3.32. The molecule has 3 aromatic rings. The molecule has 0 spiro atoms. The van der Waals surface area contributed by atoms with Gasteiger partial charge in [-0.1, -0.05) is 24.3 Å². The highest BCUT2D eigenvalue weighted by molar-refractivity contribution is 6.05. The molecule has 0 amide bonds. The number of aromatic hydroxyl groups is 2. The van der Waals surface area contributed by atoms with Gasteiger partial charge >= 0.3 is 5.97 Å². The summed E-state index contributed by atoms with van der Waals surface area (Å²) in [5, 5.41) is 21.4. The first-order valence-electron chi connectivity index (χ1n) is 10.3. The van der Waals surface area contributed by atoms with Crippen molar-refractivity contribution < 1.29 is 29.3 Å². The maximum Gasteiger partial charge on any atom is 0.342 e. The summed E-state index contributed by atoms with van der Waals surface area (Å²) in [5.74, 6) is -1.64. The molecule has 1 saturated heterocycles. The Balaban J connectivity index is 1.48. The van der Waals surface area contributed by atoms with E-state index < -0.39 is 12.6 Å². The number of hydrogen-bond donors (Lipinski definition) is 2. The highest BCUT2D eigenvalue weighted by Crippen LogP contribution is 2.35. The summed E-state index contributed by atoms with van der Waals surface area (Å²) in [6, 6.07) is 9.57. The van der Waals surface area contributed by atoms with Crippen molar-refractivity contribution >= 4 is 22.5 Å². The zero-order valence-corrected chi connectivity index (χ0v) is 17.6. The molecule has 0 bridgehead atoms. The Kier molecular flexibility index (Phi) is 5.69. The average molecular weight is 423 g/mol. The first kappa shape index (κ1) is 20.9. The number of carbonyl (C=O) groups is 2. The fourth-order valence-electron chi connectivity index (χ4n) is 4.14. The van der Waals surface area contributed by atoms with Gasteiger partial charge in [0.1, 0.15) is 17.1 Å². The molecule has 2 heterocycles. The maximum absolute atomic E-state index is 12.7. The van der Waals surface area contributed by atoms with Crippen LogP contribution in [0, 0.1) is 13.8 Å². The van der Waals surface area contributed by atoms with Crippen LogP contribution in [0.15, 0.2) is 36.4 Å². The largest absolute Gasteiger partial charge is 0.507 e. The minimum absolute atomic E-state index is 0.147. The van der Waals surface area contributed by atoms with E-state index in [0.29, 0.717) is 22.9 Å². The van der Waals surface area contributed by atoms with Crippen LogP contribution in [0.2, 0.25) is 0 Å². The molecular weight excluding hydrogens is 398 g/mol. The van der Waals surface area contributed by atoms with Crippen molar-refractivity contribution in [3.8, 4) is 11.5 Å². The summed E-state index contributed by atoms with van der Waals surface area (Å²) in [6.07, 6.45) is 2.19. The molecule has 0 unspecified atom stereocenters. The Bertz CT molecular complexity index is 1160. The number of benzene rings is 2. The zero-order valence-electron chi connectivity index (χ0n) is 17.6. The van der Waals surface area contributed by atoms with E-state index >= 15 is 0 Å². The minimum atomic E-state index is -0.875. The second-order valence-electron chi connectivity index (χ2n) is 7.87. The third-order valence-corrected chi connectivity index (χ3v) is 5.83. The van der Waals surface area contributed by atoms with Crippen LogP contribution in [0.4, 0.5) is 0 Å². The molecule has 1 aliphatic rings. The number of hydrogen-bond acceptors (Lipinski definition) is 6. The first-order chi connectivity index (χ1) is 14.9. The van der Waals surface area contributed by atoms with E-state index in [0.717, 1.165) is 36.9 Å². The van der Waals surface area contributed by atoms with Crippen LogP contribution in [-0.2, 0) is 16.0 Å². The van der Waals surface area contributed by atoms with Crippen molar-refractivity contribution in [1.82, 2.24) is 4.57 Å². The average Bonchev–Trinajstić information content (AvgIpc) is 3.38. The summed E-state index contributed by atoms with van der Waals surface area (Å²) in [4.78, 5) is 25.3. The van der Waals surface area contributed by atoms with Gasteiger partial charge < -0.3 is 24.3 Å². The van der Waals surface area contributed by atoms with Crippen LogP contribution in [-0.4, -0.2) is 45.9 Å². The van der Waals surface area contributed by atoms with Crippen LogP contribution < -0.4 is 0 Å². The lowest BCUT2D eigenvalue weighted by Gasteiger charge is -2.14. The monoisotopic (exact) mass is 423 g/mol. The van der Waals surface area contributed by atoms with Crippen LogP contribution in [0.3, 0.4) is 0 Å². The van der Waals surface area contributed by atoms with E-state index in [1.807, 2.05) is 13.8 Å². The van der Waals surface area contributed by atoms with E-state index in [2.05, 4.69) is 4.57 Å². The number of aromatic nitrogens is 1. The van der Waals surface area contributed by atoms with Gasteiger partial charge in [-0.25, -0.2) is 4.79 Å². The Morgan fingerprint density at radius 1 is 1.13 bits per heavy atom. The predicted molar refractivity (Wildman–Crippen MR) is 115 cm³/mol. The van der Waals surface area contributed by atoms with Gasteiger partial charge in [-0.05, 0) is 38.8 Å². The van der Waals surface area contributed by atoms with Crippen LogP contribution in [0.25, 0.3) is 10.8 Å². The Morgan fingerprint density at radius 2 is 1.87 bits per heavy atom. The SMILES string of the molecule is Cc1cc(C(=O)COC(=O)c2cc(O)c3ccccc3c2O)c(C)n1C[C@@H]1CCCO1. The first-order valence-corrected chi connectivity index (χ1v) is 10.3. The number of esters is 1. The molecule has 1 aromatic heterocycles. The van der Waals surface area contributed by atoms with E-state index in [1.54, 1.807) is 30.3 Å². The van der Waals surface area contributed by atoms with Crippen molar-refractivity contribution in [3.63, 3.8) is 0 Å². The van der Waals surface area contributed by atoms with Gasteiger partial charge in [-0.15, -0.1) is 0 Å². The lowest BCUT2D eigenvalue weighted by atomic mass is 10.0. The number of Topliss-reactive ketones (excluding diaryl/α,β-unsaturated/α-hetero) is 1. The summed E-state index contributed by atoms with van der Waals surface area (Å²) < 4.78 is 12.9. The number of carbonyl (C=O) groups excluding carboxylic acids is 2. The van der Waals surface area contributed by atoms with Gasteiger partial charge in [0.05, 0.1) is 6.10 Å². The number of phenols is 2. The lowest BCUT2D eigenvalue weighted by molar-refractivity contribution is 0.0471. The highest BCUT2D eigenvalue weighted by Gasteiger charge is 2.23. The predicted octanol–water partition coefficient (Wildman–Crippen LogP) is 3.89. The van der Waals surface area contributed by atoms with Gasteiger partial charge in [-0.3, -0.25) is 4.79 Å². The molecule has 162 valence electrons. The molecule has 7 heteroatoms. The molecule has 2 aromatic carbocycles. The van der Waals surface area contributed by atoms with E-state index in [4.69, 9.17) is 9.47 Å². The fraction of sp³-hybridized carbons (Fsp3) is 0.333. The molecule has 0 radical (unpaired) electrons. The van der Waals surface area contributed by atoms with Crippen molar-refractivity contribution in [2.75, 3.05) is 13.2 Å². The van der Waals surface area contributed by atoms with Crippen LogP contribution in [0.1, 0.15) is 44.9 Å². The smallest absolute Gasteiger partial charge is 0.342 e. The van der Waals surface area contributed by atoms with Crippen molar-refractivity contribution in [1.29, 1.82) is 0 Å². The maximum atomic E-state index is 12.7. The number of aryl methyl sites for hydroxylation is 1. The molecular formula is C24H25NO6. The Morgan fingerprint density at radius 3 is 2.58 bits per heavy atom. The number of ketones is 1. The summed E-state index contributed by atoms with van der Waals surface area (Å²) in [7, 11) is 0. The molecule has 1 fully saturated rings. The number of phenolic OH excluding ortho intramolecular Hbond substituents is 2. The van der Waals surface area contributed by atoms with Crippen molar-refractivity contribution in [3.05, 3.63) is 58.9 Å². The fourth-order valence-corrected chi connectivity index (χ4v) is 4.14. The normalized spacial score (nSPS) is 16.0. The van der Waals surface area contributed by atoms with Gasteiger partial charge in [0, 0.05) is 40.9 Å². The topological polar surface area (TPSA) is 98.0 Å². The summed E-state index contributed by atoms with van der Waals surface area (Å²) in [5.41, 5.74) is 2.06. The second kappa shape index (κ2) is 8.43. The van der Waals surface area contributed by atoms with Gasteiger partial charge in [0.15, 0.2) is 6.61 Å². The molecule has 1 aliphatic heterocycles. The van der Waals surface area contributed by atoms with Crippen LogP contribution >= 0.6 is 0 Å². The third-order valence-electron chi connectivity index (χ3n) is 5.83.